The molecule has 0 aliphatic heterocycles. The van der Waals surface area contributed by atoms with Crippen molar-refractivity contribution in [1.82, 2.24) is 9.97 Å². The molecule has 2 N–H and O–H groups in total. The van der Waals surface area contributed by atoms with E-state index in [-0.39, 0.29) is 22.4 Å². The van der Waals surface area contributed by atoms with Crippen LogP contribution in [0, 0.1) is 0 Å². The second kappa shape index (κ2) is 6.06. The summed E-state index contributed by atoms with van der Waals surface area (Å²) in [7, 11) is 0. The Bertz CT molecular complexity index is 684. The van der Waals surface area contributed by atoms with Crippen molar-refractivity contribution in [3.05, 3.63) is 59.2 Å². The van der Waals surface area contributed by atoms with Crippen LogP contribution in [0.4, 0.5) is 0 Å². The molecule has 2 aromatic rings. The number of pyridine rings is 2. The van der Waals surface area contributed by atoms with Gasteiger partial charge < -0.3 is 5.73 Å². The molecule has 0 fully saturated rings. The number of hydrogen-bond acceptors (Lipinski definition) is 5. The quantitative estimate of drug-likeness (QED) is 0.724. The van der Waals surface area contributed by atoms with E-state index in [0.717, 1.165) is 17.5 Å². The van der Waals surface area contributed by atoms with Gasteiger partial charge in [-0.25, -0.2) is 0 Å². The zero-order chi connectivity index (χ0) is 15.7. The van der Waals surface area contributed by atoms with E-state index in [1.807, 2.05) is 24.3 Å². The Morgan fingerprint density at radius 2 is 1.50 bits per heavy atom. The molecule has 0 saturated carbocycles. The standard InChI is InChI=1S/C8H6BrNO.C8H8N2O/c2*9-6-4-5-2-1-3-10-7(5)8(6)11/h1-3,6H,4H2;1-3,6H,4,9H2. The van der Waals surface area contributed by atoms with Gasteiger partial charge in [0, 0.05) is 12.4 Å². The molecule has 0 radical (unpaired) electrons. The summed E-state index contributed by atoms with van der Waals surface area (Å²) in [6.07, 6.45) is 4.70. The molecule has 0 spiro atoms. The lowest BCUT2D eigenvalue weighted by Crippen LogP contribution is -2.26. The Morgan fingerprint density at radius 1 is 0.955 bits per heavy atom. The number of hydrogen-bond donors (Lipinski definition) is 1. The van der Waals surface area contributed by atoms with Crippen LogP contribution >= 0.6 is 15.9 Å². The first-order valence-electron chi connectivity index (χ1n) is 6.94. The molecule has 0 bridgehead atoms. The predicted molar refractivity (Wildman–Crippen MR) is 85.2 cm³/mol. The van der Waals surface area contributed by atoms with Crippen LogP contribution in [0.5, 0.6) is 0 Å². The largest absolute Gasteiger partial charge is 0.321 e. The highest BCUT2D eigenvalue weighted by Crippen LogP contribution is 2.24. The van der Waals surface area contributed by atoms with Crippen molar-refractivity contribution in [3.63, 3.8) is 0 Å². The minimum Gasteiger partial charge on any atom is -0.321 e. The fraction of sp³-hybridized carbons (Fsp3) is 0.250. The zero-order valence-electron chi connectivity index (χ0n) is 11.7. The molecule has 4 rings (SSSR count). The van der Waals surface area contributed by atoms with Crippen LogP contribution < -0.4 is 5.73 Å². The van der Waals surface area contributed by atoms with Gasteiger partial charge in [-0.3, -0.25) is 19.6 Å². The van der Waals surface area contributed by atoms with Crippen LogP contribution in [0.1, 0.15) is 32.1 Å². The van der Waals surface area contributed by atoms with Crippen LogP contribution in [-0.2, 0) is 12.8 Å². The molecule has 112 valence electrons. The Morgan fingerprint density at radius 3 is 2.05 bits per heavy atom. The normalized spacial score (nSPS) is 21.9. The van der Waals surface area contributed by atoms with Crippen molar-refractivity contribution >= 4 is 27.5 Å². The predicted octanol–water partition coefficient (Wildman–Crippen LogP) is 1.73. The average molecular weight is 360 g/mol. The summed E-state index contributed by atoms with van der Waals surface area (Å²) in [6.45, 7) is 0. The average Bonchev–Trinajstić information content (AvgIpc) is 2.98. The van der Waals surface area contributed by atoms with Gasteiger partial charge in [0.2, 0.25) is 0 Å². The lowest BCUT2D eigenvalue weighted by atomic mass is 10.2. The number of rotatable bonds is 0. The van der Waals surface area contributed by atoms with E-state index < -0.39 is 0 Å². The van der Waals surface area contributed by atoms with Gasteiger partial charge in [-0.05, 0) is 36.1 Å². The van der Waals surface area contributed by atoms with Crippen LogP contribution in [0.25, 0.3) is 0 Å². The maximum Gasteiger partial charge on any atom is 0.198 e. The third kappa shape index (κ3) is 2.71. The molecule has 2 heterocycles. The fourth-order valence-corrected chi connectivity index (χ4v) is 3.16. The lowest BCUT2D eigenvalue weighted by Gasteiger charge is -1.93. The number of fused-ring (bicyclic) bond motifs is 2. The van der Waals surface area contributed by atoms with Gasteiger partial charge in [-0.1, -0.05) is 28.1 Å². The Balaban J connectivity index is 0.000000131. The molecular formula is C16H14BrN3O2. The molecule has 2 aliphatic carbocycles. The third-order valence-corrected chi connectivity index (χ3v) is 4.45. The molecule has 6 heteroatoms. The fourth-order valence-electron chi connectivity index (χ4n) is 2.59. The van der Waals surface area contributed by atoms with E-state index in [2.05, 4.69) is 25.9 Å². The Hall–Kier alpha value is -1.92. The van der Waals surface area contributed by atoms with Gasteiger partial charge >= 0.3 is 0 Å². The maximum atomic E-state index is 11.3. The van der Waals surface area contributed by atoms with Crippen molar-refractivity contribution < 1.29 is 9.59 Å². The van der Waals surface area contributed by atoms with E-state index in [9.17, 15) is 9.59 Å². The number of aromatic nitrogens is 2. The second-order valence-electron chi connectivity index (χ2n) is 5.23. The van der Waals surface area contributed by atoms with Crippen LogP contribution in [-0.4, -0.2) is 32.4 Å². The van der Waals surface area contributed by atoms with Crippen molar-refractivity contribution in [2.24, 2.45) is 5.73 Å². The topological polar surface area (TPSA) is 85.9 Å². The molecule has 2 aromatic heterocycles. The van der Waals surface area contributed by atoms with Crippen LogP contribution in [0.15, 0.2) is 36.7 Å². The first-order valence-corrected chi connectivity index (χ1v) is 7.85. The number of halogens is 1. The lowest BCUT2D eigenvalue weighted by molar-refractivity contribution is 0.0968. The highest BCUT2D eigenvalue weighted by atomic mass is 79.9. The van der Waals surface area contributed by atoms with E-state index in [0.29, 0.717) is 17.8 Å². The van der Waals surface area contributed by atoms with E-state index in [4.69, 9.17) is 5.73 Å². The number of nitrogens with two attached hydrogens (primary N) is 1. The molecule has 5 nitrogen and oxygen atoms in total. The molecule has 2 aliphatic rings. The summed E-state index contributed by atoms with van der Waals surface area (Å²) in [6, 6.07) is 7.16. The highest BCUT2D eigenvalue weighted by Gasteiger charge is 2.29. The zero-order valence-corrected chi connectivity index (χ0v) is 13.3. The number of ketones is 2. The van der Waals surface area contributed by atoms with Gasteiger partial charge in [0.25, 0.3) is 0 Å². The minimum absolute atomic E-state index is 0.0272. The van der Waals surface area contributed by atoms with E-state index >= 15 is 0 Å². The summed E-state index contributed by atoms with van der Waals surface area (Å²) in [5.74, 6) is 0.0844. The van der Waals surface area contributed by atoms with Crippen molar-refractivity contribution in [2.75, 3.05) is 0 Å². The molecule has 22 heavy (non-hydrogen) atoms. The monoisotopic (exact) mass is 359 g/mol. The Kier molecular flexibility index (Phi) is 4.13. The second-order valence-corrected chi connectivity index (χ2v) is 6.34. The van der Waals surface area contributed by atoms with Gasteiger partial charge in [0.05, 0.1) is 10.9 Å². The molecule has 0 saturated heterocycles. The highest BCUT2D eigenvalue weighted by molar-refractivity contribution is 9.10. The first-order chi connectivity index (χ1) is 10.6. The number of alkyl halides is 1. The van der Waals surface area contributed by atoms with Gasteiger partial charge in [-0.15, -0.1) is 0 Å². The molecule has 0 aromatic carbocycles. The molecule has 0 amide bonds. The third-order valence-electron chi connectivity index (χ3n) is 3.71. The van der Waals surface area contributed by atoms with Crippen molar-refractivity contribution in [2.45, 2.75) is 23.7 Å². The summed E-state index contributed by atoms with van der Waals surface area (Å²) in [5, 5.41) is 0. The first kappa shape index (κ1) is 15.0. The number of Topliss-reactive ketones (excluding diaryl/α,β-unsaturated/α-hetero) is 2. The Labute approximate surface area is 136 Å². The smallest absolute Gasteiger partial charge is 0.198 e. The molecule has 2 atom stereocenters. The summed E-state index contributed by atoms with van der Waals surface area (Å²) < 4.78 is 0. The van der Waals surface area contributed by atoms with Gasteiger partial charge in [-0.2, -0.15) is 0 Å². The molecule has 2 unspecified atom stereocenters. The van der Waals surface area contributed by atoms with Crippen LogP contribution in [0.3, 0.4) is 0 Å². The summed E-state index contributed by atoms with van der Waals surface area (Å²) >= 11 is 3.29. The van der Waals surface area contributed by atoms with Crippen LogP contribution in [0.2, 0.25) is 0 Å². The summed E-state index contributed by atoms with van der Waals surface area (Å²) in [4.78, 5) is 30.4. The molecular weight excluding hydrogens is 346 g/mol. The number of nitrogens with zero attached hydrogens (tertiary/aromatic N) is 2. The van der Waals surface area contributed by atoms with E-state index in [1.165, 1.54) is 0 Å². The van der Waals surface area contributed by atoms with Gasteiger partial charge in [0.1, 0.15) is 11.4 Å². The van der Waals surface area contributed by atoms with Gasteiger partial charge in [0.15, 0.2) is 11.6 Å². The minimum atomic E-state index is -0.361. The van der Waals surface area contributed by atoms with E-state index in [1.54, 1.807) is 12.4 Å². The number of carbonyl (C=O) groups is 2. The number of carbonyl (C=O) groups excluding carboxylic acids is 2. The maximum absolute atomic E-state index is 11.3. The summed E-state index contributed by atoms with van der Waals surface area (Å²) in [5.41, 5.74) is 8.76. The van der Waals surface area contributed by atoms with Crippen molar-refractivity contribution in [1.29, 1.82) is 0 Å². The van der Waals surface area contributed by atoms with Crippen molar-refractivity contribution in [3.8, 4) is 0 Å². The SMILES string of the molecule is NC1Cc2cccnc2C1=O.O=C1c2ncccc2CC1Br.